The summed E-state index contributed by atoms with van der Waals surface area (Å²) in [4.78, 5) is 15.4. The molecule has 0 aliphatic carbocycles. The van der Waals surface area contributed by atoms with Gasteiger partial charge in [0, 0.05) is 16.8 Å². The lowest BCUT2D eigenvalue weighted by atomic mass is 10.1. The van der Waals surface area contributed by atoms with Crippen LogP contribution in [0.2, 0.25) is 5.02 Å². The second-order valence-electron chi connectivity index (χ2n) is 4.30. The monoisotopic (exact) mass is 299 g/mol. The Labute approximate surface area is 125 Å². The molecular formula is C15H10ClN3O2. The molecule has 0 amide bonds. The minimum Gasteiger partial charge on any atom is -0.476 e. The number of pyridine rings is 1. The van der Waals surface area contributed by atoms with Crippen molar-refractivity contribution in [2.24, 2.45) is 0 Å². The van der Waals surface area contributed by atoms with Gasteiger partial charge in [0.1, 0.15) is 0 Å². The maximum Gasteiger partial charge on any atom is 0.356 e. The highest BCUT2D eigenvalue weighted by molar-refractivity contribution is 6.33. The lowest BCUT2D eigenvalue weighted by molar-refractivity contribution is 0.0690. The minimum absolute atomic E-state index is 0.0597. The van der Waals surface area contributed by atoms with Crippen molar-refractivity contribution < 1.29 is 9.90 Å². The van der Waals surface area contributed by atoms with Crippen molar-refractivity contribution in [1.29, 1.82) is 0 Å². The highest BCUT2D eigenvalue weighted by atomic mass is 35.5. The van der Waals surface area contributed by atoms with E-state index in [1.54, 1.807) is 30.5 Å². The Bertz CT molecular complexity index is 800. The van der Waals surface area contributed by atoms with Crippen LogP contribution in [0.5, 0.6) is 0 Å². The maximum absolute atomic E-state index is 11.2. The third kappa shape index (κ3) is 2.51. The predicted octanol–water partition coefficient (Wildman–Crippen LogP) is 3.29. The molecule has 0 atom stereocenters. The van der Waals surface area contributed by atoms with Gasteiger partial charge in [0.25, 0.3) is 0 Å². The van der Waals surface area contributed by atoms with Gasteiger partial charge in [-0.05, 0) is 24.3 Å². The van der Waals surface area contributed by atoms with Crippen molar-refractivity contribution in [3.05, 3.63) is 65.4 Å². The van der Waals surface area contributed by atoms with E-state index in [-0.39, 0.29) is 5.69 Å². The summed E-state index contributed by atoms with van der Waals surface area (Å²) < 4.78 is 1.48. The van der Waals surface area contributed by atoms with E-state index in [0.717, 1.165) is 0 Å². The van der Waals surface area contributed by atoms with E-state index in [9.17, 15) is 4.79 Å². The van der Waals surface area contributed by atoms with Gasteiger partial charge >= 0.3 is 5.97 Å². The number of halogens is 1. The molecule has 1 N–H and O–H groups in total. The van der Waals surface area contributed by atoms with Crippen molar-refractivity contribution in [1.82, 2.24) is 14.8 Å². The van der Waals surface area contributed by atoms with Gasteiger partial charge < -0.3 is 5.11 Å². The Hall–Kier alpha value is -2.66. The first-order chi connectivity index (χ1) is 10.2. The van der Waals surface area contributed by atoms with Crippen LogP contribution in [0.4, 0.5) is 0 Å². The molecule has 104 valence electrons. The van der Waals surface area contributed by atoms with E-state index in [1.807, 2.05) is 18.2 Å². The molecule has 2 aromatic heterocycles. The Morgan fingerprint density at radius 2 is 1.90 bits per heavy atom. The normalized spacial score (nSPS) is 10.5. The van der Waals surface area contributed by atoms with E-state index in [2.05, 4.69) is 10.1 Å². The second kappa shape index (κ2) is 5.38. The van der Waals surface area contributed by atoms with Crippen molar-refractivity contribution >= 4 is 17.6 Å². The largest absolute Gasteiger partial charge is 0.476 e. The number of aromatic carboxylic acids is 1. The summed E-state index contributed by atoms with van der Waals surface area (Å²) in [6, 6.07) is 14.0. The molecule has 0 aliphatic rings. The standard InChI is InChI=1S/C15H10ClN3O2/c16-11-6-2-1-5-10(11)13-9-12(15(20)21)18-19(13)14-7-3-4-8-17-14/h1-9H,(H,20,21). The fourth-order valence-electron chi connectivity index (χ4n) is 2.00. The fraction of sp³-hybridized carbons (Fsp3) is 0. The molecule has 0 fully saturated rings. The molecule has 0 unspecified atom stereocenters. The molecule has 5 nitrogen and oxygen atoms in total. The molecule has 0 spiro atoms. The van der Waals surface area contributed by atoms with E-state index >= 15 is 0 Å². The summed E-state index contributed by atoms with van der Waals surface area (Å²) >= 11 is 6.20. The molecular weight excluding hydrogens is 290 g/mol. The quantitative estimate of drug-likeness (QED) is 0.806. The summed E-state index contributed by atoms with van der Waals surface area (Å²) in [6.07, 6.45) is 1.62. The SMILES string of the molecule is O=C(O)c1cc(-c2ccccc2Cl)n(-c2ccccn2)n1. The Morgan fingerprint density at radius 1 is 1.14 bits per heavy atom. The van der Waals surface area contributed by atoms with Crippen LogP contribution >= 0.6 is 11.6 Å². The zero-order chi connectivity index (χ0) is 14.8. The smallest absolute Gasteiger partial charge is 0.356 e. The Kier molecular flexibility index (Phi) is 3.41. The first-order valence-electron chi connectivity index (χ1n) is 6.16. The summed E-state index contributed by atoms with van der Waals surface area (Å²) in [6.45, 7) is 0. The first kappa shape index (κ1) is 13.3. The lowest BCUT2D eigenvalue weighted by Gasteiger charge is -2.07. The third-order valence-corrected chi connectivity index (χ3v) is 3.27. The van der Waals surface area contributed by atoms with Crippen LogP contribution in [0.1, 0.15) is 10.5 Å². The number of hydrogen-bond acceptors (Lipinski definition) is 3. The number of carbonyl (C=O) groups is 1. The molecule has 0 saturated heterocycles. The number of carboxylic acid groups (broad SMARTS) is 1. The van der Waals surface area contributed by atoms with Crippen LogP contribution in [-0.4, -0.2) is 25.8 Å². The van der Waals surface area contributed by atoms with Gasteiger partial charge in [-0.2, -0.15) is 5.10 Å². The topological polar surface area (TPSA) is 68.0 Å². The highest BCUT2D eigenvalue weighted by Crippen LogP contribution is 2.29. The molecule has 0 radical (unpaired) electrons. The van der Waals surface area contributed by atoms with E-state index in [1.165, 1.54) is 10.7 Å². The van der Waals surface area contributed by atoms with Gasteiger partial charge in [0.05, 0.1) is 5.69 Å². The van der Waals surface area contributed by atoms with Gasteiger partial charge in [-0.15, -0.1) is 0 Å². The number of aromatic nitrogens is 3. The number of benzene rings is 1. The zero-order valence-electron chi connectivity index (χ0n) is 10.8. The fourth-order valence-corrected chi connectivity index (χ4v) is 2.23. The minimum atomic E-state index is -1.10. The lowest BCUT2D eigenvalue weighted by Crippen LogP contribution is -2.03. The molecule has 0 aliphatic heterocycles. The predicted molar refractivity (Wildman–Crippen MR) is 78.8 cm³/mol. The maximum atomic E-state index is 11.2. The van der Waals surface area contributed by atoms with Crippen LogP contribution in [-0.2, 0) is 0 Å². The number of carboxylic acids is 1. The average molecular weight is 300 g/mol. The highest BCUT2D eigenvalue weighted by Gasteiger charge is 2.17. The van der Waals surface area contributed by atoms with E-state index in [4.69, 9.17) is 16.7 Å². The molecule has 1 aromatic carbocycles. The van der Waals surface area contributed by atoms with Gasteiger partial charge in [-0.3, -0.25) is 0 Å². The number of hydrogen-bond donors (Lipinski definition) is 1. The summed E-state index contributed by atoms with van der Waals surface area (Å²) in [5.74, 6) is -0.571. The Balaban J connectivity index is 2.24. The van der Waals surface area contributed by atoms with Gasteiger partial charge in [-0.25, -0.2) is 14.5 Å². The Morgan fingerprint density at radius 3 is 2.57 bits per heavy atom. The molecule has 21 heavy (non-hydrogen) atoms. The molecule has 2 heterocycles. The average Bonchev–Trinajstić information content (AvgIpc) is 2.94. The third-order valence-electron chi connectivity index (χ3n) is 2.94. The van der Waals surface area contributed by atoms with Crippen LogP contribution in [0, 0.1) is 0 Å². The molecule has 3 aromatic rings. The van der Waals surface area contributed by atoms with Gasteiger partial charge in [-0.1, -0.05) is 35.9 Å². The summed E-state index contributed by atoms with van der Waals surface area (Å²) in [7, 11) is 0. The molecule has 6 heteroatoms. The van der Waals surface area contributed by atoms with Crippen molar-refractivity contribution in [3.8, 4) is 17.1 Å². The molecule has 3 rings (SSSR count). The second-order valence-corrected chi connectivity index (χ2v) is 4.71. The van der Waals surface area contributed by atoms with Crippen molar-refractivity contribution in [3.63, 3.8) is 0 Å². The van der Waals surface area contributed by atoms with Gasteiger partial charge in [0.15, 0.2) is 11.5 Å². The number of rotatable bonds is 3. The molecule has 0 bridgehead atoms. The van der Waals surface area contributed by atoms with Crippen LogP contribution in [0.15, 0.2) is 54.7 Å². The molecule has 0 saturated carbocycles. The van der Waals surface area contributed by atoms with Crippen LogP contribution in [0.3, 0.4) is 0 Å². The first-order valence-corrected chi connectivity index (χ1v) is 6.54. The summed E-state index contributed by atoms with van der Waals surface area (Å²) in [5, 5.41) is 13.8. The van der Waals surface area contributed by atoms with Crippen LogP contribution in [0.25, 0.3) is 17.1 Å². The van der Waals surface area contributed by atoms with E-state index in [0.29, 0.717) is 22.1 Å². The van der Waals surface area contributed by atoms with Crippen LogP contribution < -0.4 is 0 Å². The van der Waals surface area contributed by atoms with E-state index < -0.39 is 5.97 Å². The number of nitrogens with zero attached hydrogens (tertiary/aromatic N) is 3. The van der Waals surface area contributed by atoms with Crippen molar-refractivity contribution in [2.45, 2.75) is 0 Å². The van der Waals surface area contributed by atoms with Gasteiger partial charge in [0.2, 0.25) is 0 Å². The van der Waals surface area contributed by atoms with Crippen molar-refractivity contribution in [2.75, 3.05) is 0 Å². The summed E-state index contributed by atoms with van der Waals surface area (Å²) in [5.41, 5.74) is 1.22. The zero-order valence-corrected chi connectivity index (χ0v) is 11.5.